The van der Waals surface area contributed by atoms with Crippen molar-refractivity contribution in [3.8, 4) is 0 Å². The SMILES string of the molecule is CC(C)C(Br)Cc1ncnc2c1CCC2. The summed E-state index contributed by atoms with van der Waals surface area (Å²) in [5.41, 5.74) is 3.96. The van der Waals surface area contributed by atoms with E-state index < -0.39 is 0 Å². The number of halogens is 1. The van der Waals surface area contributed by atoms with Gasteiger partial charge in [-0.05, 0) is 30.7 Å². The molecule has 15 heavy (non-hydrogen) atoms. The van der Waals surface area contributed by atoms with E-state index in [-0.39, 0.29) is 0 Å². The summed E-state index contributed by atoms with van der Waals surface area (Å²) in [6.07, 6.45) is 6.31. The normalized spacial score (nSPS) is 16.8. The molecule has 1 unspecified atom stereocenters. The summed E-state index contributed by atoms with van der Waals surface area (Å²) in [7, 11) is 0. The van der Waals surface area contributed by atoms with Crippen LogP contribution in [0.4, 0.5) is 0 Å². The van der Waals surface area contributed by atoms with Crippen molar-refractivity contribution in [1.29, 1.82) is 0 Å². The van der Waals surface area contributed by atoms with E-state index >= 15 is 0 Å². The van der Waals surface area contributed by atoms with Crippen LogP contribution in [0, 0.1) is 5.92 Å². The number of hydrogen-bond acceptors (Lipinski definition) is 2. The minimum absolute atomic E-state index is 0.525. The molecule has 1 atom stereocenters. The van der Waals surface area contributed by atoms with Crippen molar-refractivity contribution in [3.05, 3.63) is 23.3 Å². The molecule has 0 amide bonds. The van der Waals surface area contributed by atoms with Crippen molar-refractivity contribution in [2.45, 2.75) is 44.4 Å². The predicted molar refractivity (Wildman–Crippen MR) is 65.3 cm³/mol. The van der Waals surface area contributed by atoms with Gasteiger partial charge in [0.15, 0.2) is 0 Å². The number of rotatable bonds is 3. The molecule has 0 fully saturated rings. The van der Waals surface area contributed by atoms with E-state index in [0.717, 1.165) is 12.8 Å². The van der Waals surface area contributed by atoms with Gasteiger partial charge in [0.25, 0.3) is 0 Å². The lowest BCUT2D eigenvalue weighted by Crippen LogP contribution is -2.13. The zero-order chi connectivity index (χ0) is 10.8. The first-order chi connectivity index (χ1) is 7.18. The Hall–Kier alpha value is -0.440. The number of aryl methyl sites for hydroxylation is 1. The quantitative estimate of drug-likeness (QED) is 0.788. The van der Waals surface area contributed by atoms with Crippen LogP contribution >= 0.6 is 15.9 Å². The molecule has 2 nitrogen and oxygen atoms in total. The summed E-state index contributed by atoms with van der Waals surface area (Å²) in [6.45, 7) is 4.47. The highest BCUT2D eigenvalue weighted by atomic mass is 79.9. The van der Waals surface area contributed by atoms with E-state index in [9.17, 15) is 0 Å². The van der Waals surface area contributed by atoms with Crippen molar-refractivity contribution in [1.82, 2.24) is 9.97 Å². The third-order valence-corrected chi connectivity index (χ3v) is 4.46. The largest absolute Gasteiger partial charge is 0.241 e. The number of alkyl halides is 1. The first-order valence-electron chi connectivity index (χ1n) is 5.64. The third kappa shape index (κ3) is 2.39. The highest BCUT2D eigenvalue weighted by Gasteiger charge is 2.19. The second-order valence-electron chi connectivity index (χ2n) is 4.56. The van der Waals surface area contributed by atoms with Crippen LogP contribution < -0.4 is 0 Å². The van der Waals surface area contributed by atoms with Gasteiger partial charge in [-0.2, -0.15) is 0 Å². The van der Waals surface area contributed by atoms with E-state index in [1.807, 2.05) is 0 Å². The Morgan fingerprint density at radius 3 is 2.87 bits per heavy atom. The first-order valence-corrected chi connectivity index (χ1v) is 6.55. The van der Waals surface area contributed by atoms with Gasteiger partial charge in [-0.1, -0.05) is 29.8 Å². The van der Waals surface area contributed by atoms with Crippen LogP contribution in [0.15, 0.2) is 6.33 Å². The lowest BCUT2D eigenvalue weighted by molar-refractivity contribution is 0.604. The van der Waals surface area contributed by atoms with E-state index in [4.69, 9.17) is 0 Å². The Morgan fingerprint density at radius 2 is 2.13 bits per heavy atom. The second kappa shape index (κ2) is 4.60. The van der Waals surface area contributed by atoms with Crippen LogP contribution in [0.2, 0.25) is 0 Å². The van der Waals surface area contributed by atoms with Gasteiger partial charge >= 0.3 is 0 Å². The van der Waals surface area contributed by atoms with Crippen LogP contribution in [0.5, 0.6) is 0 Å². The fourth-order valence-electron chi connectivity index (χ4n) is 2.02. The summed E-state index contributed by atoms with van der Waals surface area (Å²) in [4.78, 5) is 9.30. The molecule has 82 valence electrons. The molecule has 1 aliphatic rings. The highest BCUT2D eigenvalue weighted by Crippen LogP contribution is 2.25. The van der Waals surface area contributed by atoms with Crippen molar-refractivity contribution >= 4 is 15.9 Å². The molecular formula is C12H17BrN2. The fraction of sp³-hybridized carbons (Fsp3) is 0.667. The van der Waals surface area contributed by atoms with E-state index in [2.05, 4.69) is 39.7 Å². The molecule has 0 spiro atoms. The molecule has 0 saturated heterocycles. The first kappa shape index (κ1) is 11.1. The molecule has 0 N–H and O–H groups in total. The Bertz CT molecular complexity index is 349. The number of aromatic nitrogens is 2. The number of fused-ring (bicyclic) bond motifs is 1. The van der Waals surface area contributed by atoms with Crippen LogP contribution in [0.25, 0.3) is 0 Å². The lowest BCUT2D eigenvalue weighted by Gasteiger charge is -2.14. The molecule has 3 heteroatoms. The molecule has 2 rings (SSSR count). The monoisotopic (exact) mass is 268 g/mol. The van der Waals surface area contributed by atoms with Crippen molar-refractivity contribution in [2.24, 2.45) is 5.92 Å². The van der Waals surface area contributed by atoms with Gasteiger partial charge in [-0.3, -0.25) is 0 Å². The van der Waals surface area contributed by atoms with Gasteiger partial charge in [0.1, 0.15) is 6.33 Å². The Balaban J connectivity index is 2.19. The van der Waals surface area contributed by atoms with E-state index in [1.165, 1.54) is 29.8 Å². The summed E-state index contributed by atoms with van der Waals surface area (Å²) in [6, 6.07) is 0. The van der Waals surface area contributed by atoms with Gasteiger partial charge in [0.05, 0.1) is 0 Å². The maximum absolute atomic E-state index is 4.43. The fourth-order valence-corrected chi connectivity index (χ4v) is 2.33. The van der Waals surface area contributed by atoms with Gasteiger partial charge < -0.3 is 0 Å². The molecule has 0 aliphatic heterocycles. The maximum Gasteiger partial charge on any atom is 0.115 e. The minimum Gasteiger partial charge on any atom is -0.241 e. The summed E-state index contributed by atoms with van der Waals surface area (Å²) in [5, 5.41) is 0. The van der Waals surface area contributed by atoms with Gasteiger partial charge in [-0.15, -0.1) is 0 Å². The molecular weight excluding hydrogens is 252 g/mol. The topological polar surface area (TPSA) is 25.8 Å². The highest BCUT2D eigenvalue weighted by molar-refractivity contribution is 9.09. The minimum atomic E-state index is 0.525. The smallest absolute Gasteiger partial charge is 0.115 e. The Morgan fingerprint density at radius 1 is 1.33 bits per heavy atom. The van der Waals surface area contributed by atoms with Gasteiger partial charge in [0.2, 0.25) is 0 Å². The van der Waals surface area contributed by atoms with Crippen molar-refractivity contribution in [2.75, 3.05) is 0 Å². The van der Waals surface area contributed by atoms with Crippen molar-refractivity contribution in [3.63, 3.8) is 0 Å². The predicted octanol–water partition coefficient (Wildman–Crippen LogP) is 2.93. The average Bonchev–Trinajstić information content (AvgIpc) is 2.66. The number of nitrogens with zero attached hydrogens (tertiary/aromatic N) is 2. The molecule has 1 aromatic rings. The summed E-state index contributed by atoms with van der Waals surface area (Å²) < 4.78 is 0. The zero-order valence-electron chi connectivity index (χ0n) is 9.33. The Labute approximate surface area is 99.7 Å². The molecule has 0 bridgehead atoms. The standard InChI is InChI=1S/C12H17BrN2/c1-8(2)10(13)6-12-9-4-3-5-11(9)14-7-15-12/h7-8,10H,3-6H2,1-2H3. The zero-order valence-corrected chi connectivity index (χ0v) is 10.9. The molecule has 0 radical (unpaired) electrons. The van der Waals surface area contributed by atoms with E-state index in [0.29, 0.717) is 10.7 Å². The lowest BCUT2D eigenvalue weighted by atomic mass is 10.0. The van der Waals surface area contributed by atoms with Crippen LogP contribution in [-0.4, -0.2) is 14.8 Å². The molecule has 0 saturated carbocycles. The maximum atomic E-state index is 4.43. The average molecular weight is 269 g/mol. The van der Waals surface area contributed by atoms with Crippen LogP contribution in [0.1, 0.15) is 37.2 Å². The third-order valence-electron chi connectivity index (χ3n) is 3.08. The molecule has 1 heterocycles. The molecule has 1 aliphatic carbocycles. The summed E-state index contributed by atoms with van der Waals surface area (Å²) >= 11 is 3.73. The molecule has 1 aromatic heterocycles. The van der Waals surface area contributed by atoms with Gasteiger partial charge in [-0.25, -0.2) is 9.97 Å². The van der Waals surface area contributed by atoms with Crippen LogP contribution in [-0.2, 0) is 19.3 Å². The second-order valence-corrected chi connectivity index (χ2v) is 5.74. The van der Waals surface area contributed by atoms with Crippen LogP contribution in [0.3, 0.4) is 0 Å². The van der Waals surface area contributed by atoms with Crippen molar-refractivity contribution < 1.29 is 0 Å². The Kier molecular flexibility index (Phi) is 3.39. The summed E-state index contributed by atoms with van der Waals surface area (Å²) in [5.74, 6) is 0.650. The molecule has 0 aromatic carbocycles. The van der Waals surface area contributed by atoms with E-state index in [1.54, 1.807) is 6.33 Å². The number of hydrogen-bond donors (Lipinski definition) is 0. The van der Waals surface area contributed by atoms with Gasteiger partial charge in [0, 0.05) is 22.6 Å².